The van der Waals surface area contributed by atoms with E-state index in [9.17, 15) is 5.11 Å². The summed E-state index contributed by atoms with van der Waals surface area (Å²) in [6.45, 7) is 4.95. The Labute approximate surface area is 178 Å². The summed E-state index contributed by atoms with van der Waals surface area (Å²) in [5.41, 5.74) is 1.95. The molecule has 1 heterocycles. The molecule has 2 atom stereocenters. The molecule has 162 valence electrons. The molecule has 30 heavy (non-hydrogen) atoms. The second-order valence-electron chi connectivity index (χ2n) is 7.29. The van der Waals surface area contributed by atoms with E-state index in [0.717, 1.165) is 26.1 Å². The number of aliphatic hydroxyl groups excluding tert-OH is 1. The van der Waals surface area contributed by atoms with Gasteiger partial charge in [0, 0.05) is 37.4 Å². The van der Waals surface area contributed by atoms with Crippen molar-refractivity contribution in [3.8, 4) is 11.5 Å². The Balaban J connectivity index is 1.62. The molecule has 7 nitrogen and oxygen atoms in total. The zero-order valence-electron chi connectivity index (χ0n) is 18.0. The molecule has 2 unspecified atom stereocenters. The summed E-state index contributed by atoms with van der Waals surface area (Å²) in [5.74, 6) is 2.00. The van der Waals surface area contributed by atoms with Gasteiger partial charge in [0.05, 0.1) is 26.9 Å². The lowest BCUT2D eigenvalue weighted by atomic mass is 10.1. The monoisotopic (exact) mass is 412 g/mol. The summed E-state index contributed by atoms with van der Waals surface area (Å²) in [5, 5.41) is 17.4. The van der Waals surface area contributed by atoms with E-state index >= 15 is 0 Å². The molecule has 3 rings (SSSR count). The first-order valence-electron chi connectivity index (χ1n) is 10.4. The summed E-state index contributed by atoms with van der Waals surface area (Å²) in [7, 11) is 3.19. The predicted octanol–water partition coefficient (Wildman–Crippen LogP) is 2.57. The lowest BCUT2D eigenvalue weighted by molar-refractivity contribution is 0.186. The molecule has 0 radical (unpaired) electrons. The fourth-order valence-electron chi connectivity index (χ4n) is 3.57. The average Bonchev–Trinajstić information content (AvgIpc) is 3.26. The second-order valence-corrected chi connectivity index (χ2v) is 7.29. The van der Waals surface area contributed by atoms with Gasteiger partial charge >= 0.3 is 0 Å². The fourth-order valence-corrected chi connectivity index (χ4v) is 3.57. The first-order chi connectivity index (χ1) is 14.6. The molecule has 1 aliphatic heterocycles. The number of benzene rings is 2. The molecular formula is C23H32N4O3. The highest BCUT2D eigenvalue weighted by Gasteiger charge is 2.23. The maximum atomic E-state index is 10.6. The van der Waals surface area contributed by atoms with Gasteiger partial charge in [0.25, 0.3) is 0 Å². The summed E-state index contributed by atoms with van der Waals surface area (Å²) < 4.78 is 10.6. The SMILES string of the molecule is CCNC(=NCC(O)c1cc(OC)cc(OC)c1)NC1CCN(c2ccccc2)C1. The first-order valence-corrected chi connectivity index (χ1v) is 10.4. The molecule has 2 aromatic carbocycles. The number of para-hydroxylation sites is 1. The van der Waals surface area contributed by atoms with Gasteiger partial charge in [-0.05, 0) is 43.2 Å². The summed E-state index contributed by atoms with van der Waals surface area (Å²) >= 11 is 0. The zero-order valence-corrected chi connectivity index (χ0v) is 18.0. The number of anilines is 1. The van der Waals surface area contributed by atoms with E-state index < -0.39 is 6.10 Å². The zero-order chi connectivity index (χ0) is 21.3. The fraction of sp³-hybridized carbons (Fsp3) is 0.435. The smallest absolute Gasteiger partial charge is 0.191 e. The standard InChI is InChI=1S/C23H32N4O3/c1-4-24-23(26-18-10-11-27(16-18)19-8-6-5-7-9-19)25-15-22(28)17-12-20(29-2)14-21(13-17)30-3/h5-9,12-14,18,22,28H,4,10-11,15-16H2,1-3H3,(H2,24,25,26). The van der Waals surface area contributed by atoms with Crippen molar-refractivity contribution < 1.29 is 14.6 Å². The van der Waals surface area contributed by atoms with Crippen LogP contribution in [0.1, 0.15) is 25.0 Å². The number of nitrogens with zero attached hydrogens (tertiary/aromatic N) is 2. The third-order valence-corrected chi connectivity index (χ3v) is 5.18. The molecule has 3 N–H and O–H groups in total. The predicted molar refractivity (Wildman–Crippen MR) is 121 cm³/mol. The largest absolute Gasteiger partial charge is 0.497 e. The maximum absolute atomic E-state index is 10.6. The van der Waals surface area contributed by atoms with E-state index in [4.69, 9.17) is 9.47 Å². The van der Waals surface area contributed by atoms with Crippen LogP contribution in [0.5, 0.6) is 11.5 Å². The van der Waals surface area contributed by atoms with Gasteiger partial charge in [0.15, 0.2) is 5.96 Å². The van der Waals surface area contributed by atoms with Crippen LogP contribution in [0.4, 0.5) is 5.69 Å². The minimum atomic E-state index is -0.756. The van der Waals surface area contributed by atoms with E-state index in [-0.39, 0.29) is 6.54 Å². The topological polar surface area (TPSA) is 78.4 Å². The maximum Gasteiger partial charge on any atom is 0.191 e. The molecule has 0 spiro atoms. The molecule has 1 fully saturated rings. The molecule has 2 aromatic rings. The van der Waals surface area contributed by atoms with Gasteiger partial charge in [-0.1, -0.05) is 18.2 Å². The summed E-state index contributed by atoms with van der Waals surface area (Å²) in [6, 6.07) is 16.1. The first kappa shape index (κ1) is 21.8. The minimum absolute atomic E-state index is 0.237. The Morgan fingerprint density at radius 2 is 1.87 bits per heavy atom. The number of aliphatic hydroxyl groups is 1. The Bertz CT molecular complexity index is 806. The van der Waals surface area contributed by atoms with Crippen LogP contribution in [0.3, 0.4) is 0 Å². The van der Waals surface area contributed by atoms with Gasteiger partial charge in [0.1, 0.15) is 11.5 Å². The number of methoxy groups -OCH3 is 2. The van der Waals surface area contributed by atoms with E-state index in [2.05, 4.69) is 44.8 Å². The van der Waals surface area contributed by atoms with Gasteiger partial charge in [-0.15, -0.1) is 0 Å². The van der Waals surface area contributed by atoms with Crippen LogP contribution in [0.15, 0.2) is 53.5 Å². The van der Waals surface area contributed by atoms with E-state index in [1.807, 2.05) is 13.0 Å². The van der Waals surface area contributed by atoms with E-state index in [1.165, 1.54) is 5.69 Å². The number of guanidine groups is 1. The number of hydrogen-bond acceptors (Lipinski definition) is 5. The molecule has 1 saturated heterocycles. The van der Waals surface area contributed by atoms with Crippen molar-refractivity contribution in [3.63, 3.8) is 0 Å². The quantitative estimate of drug-likeness (QED) is 0.457. The second kappa shape index (κ2) is 10.7. The van der Waals surface area contributed by atoms with Gasteiger partial charge in [0.2, 0.25) is 0 Å². The summed E-state index contributed by atoms with van der Waals surface area (Å²) in [4.78, 5) is 6.98. The van der Waals surface area contributed by atoms with Crippen molar-refractivity contribution in [2.75, 3.05) is 45.3 Å². The minimum Gasteiger partial charge on any atom is -0.497 e. The summed E-state index contributed by atoms with van der Waals surface area (Å²) in [6.07, 6.45) is 0.281. The van der Waals surface area contributed by atoms with E-state index in [0.29, 0.717) is 29.1 Å². The van der Waals surface area contributed by atoms with Gasteiger partial charge in [-0.25, -0.2) is 0 Å². The molecule has 0 amide bonds. The van der Waals surface area contributed by atoms with Gasteiger partial charge < -0.3 is 30.1 Å². The highest BCUT2D eigenvalue weighted by atomic mass is 16.5. The lowest BCUT2D eigenvalue weighted by Crippen LogP contribution is -2.44. The van der Waals surface area contributed by atoms with Crippen molar-refractivity contribution >= 4 is 11.6 Å². The van der Waals surface area contributed by atoms with Crippen LogP contribution in [0.2, 0.25) is 0 Å². The van der Waals surface area contributed by atoms with Crippen molar-refractivity contribution in [2.45, 2.75) is 25.5 Å². The van der Waals surface area contributed by atoms with Crippen molar-refractivity contribution in [1.82, 2.24) is 10.6 Å². The number of rotatable bonds is 8. The number of nitrogens with one attached hydrogen (secondary N) is 2. The molecule has 1 aliphatic rings. The Hall–Kier alpha value is -2.93. The lowest BCUT2D eigenvalue weighted by Gasteiger charge is -2.20. The van der Waals surface area contributed by atoms with E-state index in [1.54, 1.807) is 32.4 Å². The van der Waals surface area contributed by atoms with Crippen LogP contribution >= 0.6 is 0 Å². The molecule has 0 bridgehead atoms. The molecule has 0 aromatic heterocycles. The normalized spacial score (nSPS) is 17.5. The highest BCUT2D eigenvalue weighted by Crippen LogP contribution is 2.26. The molecule has 7 heteroatoms. The van der Waals surface area contributed by atoms with Crippen LogP contribution < -0.4 is 25.0 Å². The Kier molecular flexibility index (Phi) is 7.79. The van der Waals surface area contributed by atoms with Crippen LogP contribution in [-0.2, 0) is 0 Å². The average molecular weight is 413 g/mol. The van der Waals surface area contributed by atoms with Crippen LogP contribution in [-0.4, -0.2) is 57.5 Å². The van der Waals surface area contributed by atoms with Crippen LogP contribution in [0.25, 0.3) is 0 Å². The number of ether oxygens (including phenoxy) is 2. The van der Waals surface area contributed by atoms with Crippen molar-refractivity contribution in [2.24, 2.45) is 4.99 Å². The molecular weight excluding hydrogens is 380 g/mol. The molecule has 0 aliphatic carbocycles. The number of aliphatic imine (C=N–C) groups is 1. The number of hydrogen-bond donors (Lipinski definition) is 3. The van der Waals surface area contributed by atoms with Crippen molar-refractivity contribution in [3.05, 3.63) is 54.1 Å². The third kappa shape index (κ3) is 5.79. The molecule has 0 saturated carbocycles. The Morgan fingerprint density at radius 3 is 2.50 bits per heavy atom. The van der Waals surface area contributed by atoms with Crippen molar-refractivity contribution in [1.29, 1.82) is 0 Å². The van der Waals surface area contributed by atoms with Gasteiger partial charge in [-0.2, -0.15) is 0 Å². The third-order valence-electron chi connectivity index (χ3n) is 5.18. The highest BCUT2D eigenvalue weighted by molar-refractivity contribution is 5.80. The Morgan fingerprint density at radius 1 is 1.17 bits per heavy atom. The van der Waals surface area contributed by atoms with Crippen LogP contribution in [0, 0.1) is 0 Å². The van der Waals surface area contributed by atoms with Gasteiger partial charge in [-0.3, -0.25) is 4.99 Å².